The molecule has 0 bridgehead atoms. The van der Waals surface area contributed by atoms with Crippen LogP contribution < -0.4 is 4.90 Å². The summed E-state index contributed by atoms with van der Waals surface area (Å²) in [6.07, 6.45) is -0.671. The van der Waals surface area contributed by atoms with Crippen molar-refractivity contribution in [1.82, 2.24) is 0 Å². The highest BCUT2D eigenvalue weighted by Gasteiger charge is 2.16. The van der Waals surface area contributed by atoms with Crippen molar-refractivity contribution in [3.8, 4) is 6.07 Å². The Morgan fingerprint density at radius 2 is 2.05 bits per heavy atom. The highest BCUT2D eigenvalue weighted by atomic mass is 19.1. The quantitative estimate of drug-likeness (QED) is 0.926. The molecule has 2 aromatic carbocycles. The van der Waals surface area contributed by atoms with Gasteiger partial charge in [0, 0.05) is 23.5 Å². The molecule has 0 aromatic heterocycles. The molecule has 0 spiro atoms. The predicted molar refractivity (Wildman–Crippen MR) is 80.9 cm³/mol. The van der Waals surface area contributed by atoms with Crippen molar-refractivity contribution in [3.05, 3.63) is 59.4 Å². The molecule has 0 radical (unpaired) electrons. The molecule has 0 saturated heterocycles. The van der Waals surface area contributed by atoms with Crippen molar-refractivity contribution < 1.29 is 9.50 Å². The van der Waals surface area contributed by atoms with E-state index in [1.54, 1.807) is 37.3 Å². The van der Waals surface area contributed by atoms with Gasteiger partial charge >= 0.3 is 0 Å². The molecule has 0 fully saturated rings. The Hall–Kier alpha value is -2.38. The van der Waals surface area contributed by atoms with Crippen LogP contribution in [0, 0.1) is 17.1 Å². The molecule has 108 valence electrons. The fourth-order valence-electron chi connectivity index (χ4n) is 2.34. The summed E-state index contributed by atoms with van der Waals surface area (Å²) in [7, 11) is 0. The maximum Gasteiger partial charge on any atom is 0.125 e. The van der Waals surface area contributed by atoms with Crippen molar-refractivity contribution in [2.45, 2.75) is 20.0 Å². The molecule has 0 heterocycles. The van der Waals surface area contributed by atoms with Gasteiger partial charge in [-0.15, -0.1) is 0 Å². The minimum absolute atomic E-state index is 0.319. The van der Waals surface area contributed by atoms with Gasteiger partial charge in [0.25, 0.3) is 0 Å². The first-order chi connectivity index (χ1) is 10.1. The van der Waals surface area contributed by atoms with Crippen molar-refractivity contribution in [2.75, 3.05) is 11.4 Å². The van der Waals surface area contributed by atoms with E-state index < -0.39 is 6.10 Å². The van der Waals surface area contributed by atoms with Gasteiger partial charge in [0.15, 0.2) is 0 Å². The molecule has 0 aliphatic rings. The smallest absolute Gasteiger partial charge is 0.125 e. The Kier molecular flexibility index (Phi) is 4.56. The molecule has 1 N–H and O–H groups in total. The van der Waals surface area contributed by atoms with E-state index in [-0.39, 0.29) is 5.82 Å². The van der Waals surface area contributed by atoms with E-state index in [0.717, 1.165) is 5.69 Å². The Morgan fingerprint density at radius 3 is 2.62 bits per heavy atom. The number of anilines is 2. The minimum Gasteiger partial charge on any atom is -0.389 e. The largest absolute Gasteiger partial charge is 0.389 e. The SMILES string of the molecule is CCN(c1cccc(F)c1)c1cc(C#N)ccc1[C@@H](C)O. The Morgan fingerprint density at radius 1 is 1.29 bits per heavy atom. The standard InChI is InChI=1S/C17H17FN2O/c1-3-20(15-6-4-5-14(18)10-15)17-9-13(11-19)7-8-16(17)12(2)21/h4-10,12,21H,3H2,1-2H3/t12-/m1/s1. The lowest BCUT2D eigenvalue weighted by Crippen LogP contribution is -2.18. The Balaban J connectivity index is 2.58. The molecule has 2 aromatic rings. The van der Waals surface area contributed by atoms with E-state index in [2.05, 4.69) is 6.07 Å². The molecular formula is C17H17FN2O. The molecule has 21 heavy (non-hydrogen) atoms. The van der Waals surface area contributed by atoms with Gasteiger partial charge in [0.2, 0.25) is 0 Å². The van der Waals surface area contributed by atoms with Crippen LogP contribution in [0.15, 0.2) is 42.5 Å². The van der Waals surface area contributed by atoms with Crippen LogP contribution in [0.5, 0.6) is 0 Å². The molecule has 4 heteroatoms. The van der Waals surface area contributed by atoms with Gasteiger partial charge in [-0.05, 0) is 44.2 Å². The predicted octanol–water partition coefficient (Wildman–Crippen LogP) is 3.91. The maximum absolute atomic E-state index is 13.5. The average molecular weight is 284 g/mol. The number of hydrogen-bond donors (Lipinski definition) is 1. The summed E-state index contributed by atoms with van der Waals surface area (Å²) in [6, 6.07) is 13.5. The molecule has 0 saturated carbocycles. The topological polar surface area (TPSA) is 47.3 Å². The molecule has 2 rings (SSSR count). The van der Waals surface area contributed by atoms with Crippen molar-refractivity contribution in [3.63, 3.8) is 0 Å². The van der Waals surface area contributed by atoms with Crippen molar-refractivity contribution >= 4 is 11.4 Å². The van der Waals surface area contributed by atoms with Gasteiger partial charge in [-0.25, -0.2) is 4.39 Å². The summed E-state index contributed by atoms with van der Waals surface area (Å²) >= 11 is 0. The van der Waals surface area contributed by atoms with E-state index in [4.69, 9.17) is 5.26 Å². The van der Waals surface area contributed by atoms with Crippen molar-refractivity contribution in [2.24, 2.45) is 0 Å². The molecular weight excluding hydrogens is 267 g/mol. The fraction of sp³-hybridized carbons (Fsp3) is 0.235. The van der Waals surface area contributed by atoms with Crippen LogP contribution in [0.2, 0.25) is 0 Å². The number of nitrogens with zero attached hydrogens (tertiary/aromatic N) is 2. The lowest BCUT2D eigenvalue weighted by Gasteiger charge is -2.27. The summed E-state index contributed by atoms with van der Waals surface area (Å²) in [5, 5.41) is 19.0. The molecule has 1 atom stereocenters. The number of aliphatic hydroxyl groups excluding tert-OH is 1. The zero-order valence-electron chi connectivity index (χ0n) is 12.0. The van der Waals surface area contributed by atoms with E-state index in [9.17, 15) is 9.50 Å². The third-order valence-electron chi connectivity index (χ3n) is 3.34. The fourth-order valence-corrected chi connectivity index (χ4v) is 2.34. The monoisotopic (exact) mass is 284 g/mol. The lowest BCUT2D eigenvalue weighted by molar-refractivity contribution is 0.200. The number of nitriles is 1. The number of halogens is 1. The van der Waals surface area contributed by atoms with Gasteiger partial charge in [0.1, 0.15) is 5.82 Å². The van der Waals surface area contributed by atoms with Crippen LogP contribution >= 0.6 is 0 Å². The number of hydrogen-bond acceptors (Lipinski definition) is 3. The maximum atomic E-state index is 13.5. The number of aliphatic hydroxyl groups is 1. The van der Waals surface area contributed by atoms with Crippen LogP contribution in [-0.2, 0) is 0 Å². The second-order valence-corrected chi connectivity index (χ2v) is 4.79. The summed E-state index contributed by atoms with van der Waals surface area (Å²) in [6.45, 7) is 4.21. The Bertz CT molecular complexity index is 677. The second-order valence-electron chi connectivity index (χ2n) is 4.79. The van der Waals surface area contributed by atoms with Gasteiger partial charge < -0.3 is 10.0 Å². The van der Waals surface area contributed by atoms with Crippen LogP contribution in [0.3, 0.4) is 0 Å². The van der Waals surface area contributed by atoms with Gasteiger partial charge in [-0.1, -0.05) is 12.1 Å². The molecule has 0 aliphatic carbocycles. The van der Waals surface area contributed by atoms with Gasteiger partial charge in [-0.3, -0.25) is 0 Å². The molecule has 0 aliphatic heterocycles. The number of benzene rings is 2. The highest BCUT2D eigenvalue weighted by molar-refractivity contribution is 5.68. The molecule has 0 amide bonds. The van der Waals surface area contributed by atoms with Crippen molar-refractivity contribution in [1.29, 1.82) is 5.26 Å². The van der Waals surface area contributed by atoms with Crippen LogP contribution in [0.25, 0.3) is 0 Å². The third-order valence-corrected chi connectivity index (χ3v) is 3.34. The molecule has 0 unspecified atom stereocenters. The second kappa shape index (κ2) is 6.38. The average Bonchev–Trinajstić information content (AvgIpc) is 2.47. The number of rotatable bonds is 4. The first-order valence-corrected chi connectivity index (χ1v) is 6.82. The third kappa shape index (κ3) is 3.21. The van der Waals surface area contributed by atoms with Crippen LogP contribution in [0.4, 0.5) is 15.8 Å². The normalized spacial score (nSPS) is 11.8. The van der Waals surface area contributed by atoms with E-state index in [0.29, 0.717) is 23.4 Å². The van der Waals surface area contributed by atoms with Gasteiger partial charge in [-0.2, -0.15) is 5.26 Å². The summed E-state index contributed by atoms with van der Waals surface area (Å²) in [5.74, 6) is -0.319. The zero-order chi connectivity index (χ0) is 15.4. The van der Waals surface area contributed by atoms with Crippen LogP contribution in [0.1, 0.15) is 31.1 Å². The summed E-state index contributed by atoms with van der Waals surface area (Å²) in [4.78, 5) is 1.88. The highest BCUT2D eigenvalue weighted by Crippen LogP contribution is 2.33. The van der Waals surface area contributed by atoms with Gasteiger partial charge in [0.05, 0.1) is 17.7 Å². The Labute approximate surface area is 123 Å². The summed E-state index contributed by atoms with van der Waals surface area (Å²) < 4.78 is 13.5. The molecule has 3 nitrogen and oxygen atoms in total. The zero-order valence-corrected chi connectivity index (χ0v) is 12.0. The van der Waals surface area contributed by atoms with E-state index >= 15 is 0 Å². The first kappa shape index (κ1) is 15.0. The first-order valence-electron chi connectivity index (χ1n) is 6.82. The lowest BCUT2D eigenvalue weighted by atomic mass is 10.0. The van der Waals surface area contributed by atoms with E-state index in [1.165, 1.54) is 12.1 Å². The minimum atomic E-state index is -0.671. The van der Waals surface area contributed by atoms with E-state index in [1.807, 2.05) is 11.8 Å². The van der Waals surface area contributed by atoms with Crippen LogP contribution in [-0.4, -0.2) is 11.7 Å². The summed E-state index contributed by atoms with van der Waals surface area (Å²) in [5.41, 5.74) is 2.62.